The number of benzene rings is 2. The molecule has 1 heterocycles. The van der Waals surface area contributed by atoms with Crippen LogP contribution in [0.1, 0.15) is 5.69 Å². The number of nitrogens with zero attached hydrogens (tertiary/aromatic N) is 3. The fraction of sp³-hybridized carbons (Fsp3) is 0.0625. The number of sulfonamides is 1. The average Bonchev–Trinajstić information content (AvgIpc) is 2.56. The number of para-hydroxylation sites is 1. The topological polar surface area (TPSA) is 122 Å². The van der Waals surface area contributed by atoms with Crippen molar-refractivity contribution in [1.82, 2.24) is 9.97 Å². The molecule has 0 unspecified atom stereocenters. The molecular weight excluding hydrogens is 362 g/mol. The molecule has 3 aromatic rings. The Labute approximate surface area is 149 Å². The molecule has 0 fully saturated rings. The molecule has 1 aromatic heterocycles. The van der Waals surface area contributed by atoms with Gasteiger partial charge in [-0.2, -0.15) is 5.26 Å². The van der Waals surface area contributed by atoms with Crippen LogP contribution in [0.15, 0.2) is 47.4 Å². The number of fused-ring (bicyclic) bond motifs is 1. The summed E-state index contributed by atoms with van der Waals surface area (Å²) in [6.07, 6.45) is -0.117. The van der Waals surface area contributed by atoms with Crippen molar-refractivity contribution >= 4 is 44.2 Å². The van der Waals surface area contributed by atoms with E-state index in [1.165, 1.54) is 24.3 Å². The van der Waals surface area contributed by atoms with Gasteiger partial charge < -0.3 is 5.73 Å². The molecule has 0 aliphatic rings. The SMILES string of the molecule is N#CCc1nc2c(Cl)cccc2nc1NS(=O)(=O)c1ccc(N)cc1. The van der Waals surface area contributed by atoms with Crippen molar-refractivity contribution in [2.45, 2.75) is 11.3 Å². The van der Waals surface area contributed by atoms with Crippen molar-refractivity contribution in [3.8, 4) is 6.07 Å². The van der Waals surface area contributed by atoms with Crippen molar-refractivity contribution in [1.29, 1.82) is 5.26 Å². The molecule has 0 aliphatic carbocycles. The molecule has 0 aliphatic heterocycles. The molecule has 25 heavy (non-hydrogen) atoms. The van der Waals surface area contributed by atoms with E-state index < -0.39 is 10.0 Å². The summed E-state index contributed by atoms with van der Waals surface area (Å²) in [5, 5.41) is 9.36. The van der Waals surface area contributed by atoms with Crippen molar-refractivity contribution < 1.29 is 8.42 Å². The van der Waals surface area contributed by atoms with Crippen LogP contribution in [0.2, 0.25) is 5.02 Å². The lowest BCUT2D eigenvalue weighted by Gasteiger charge is -2.11. The normalized spacial score (nSPS) is 11.2. The van der Waals surface area contributed by atoms with Gasteiger partial charge in [0.25, 0.3) is 10.0 Å². The molecule has 126 valence electrons. The van der Waals surface area contributed by atoms with E-state index in [1.54, 1.807) is 18.2 Å². The van der Waals surface area contributed by atoms with Gasteiger partial charge in [-0.05, 0) is 36.4 Å². The van der Waals surface area contributed by atoms with E-state index in [1.807, 2.05) is 6.07 Å². The minimum atomic E-state index is -3.90. The smallest absolute Gasteiger partial charge is 0.263 e. The number of nitrogens with two attached hydrogens (primary N) is 1. The summed E-state index contributed by atoms with van der Waals surface area (Å²) in [5.41, 5.74) is 7.05. The third-order valence-corrected chi connectivity index (χ3v) is 5.05. The summed E-state index contributed by atoms with van der Waals surface area (Å²) >= 11 is 6.09. The highest BCUT2D eigenvalue weighted by molar-refractivity contribution is 7.92. The zero-order valence-corrected chi connectivity index (χ0v) is 14.3. The highest BCUT2D eigenvalue weighted by Gasteiger charge is 2.19. The molecule has 0 radical (unpaired) electrons. The molecule has 0 atom stereocenters. The third kappa shape index (κ3) is 3.47. The maximum Gasteiger partial charge on any atom is 0.263 e. The van der Waals surface area contributed by atoms with Crippen LogP contribution in [0.3, 0.4) is 0 Å². The molecule has 3 rings (SSSR count). The van der Waals surface area contributed by atoms with Gasteiger partial charge in [0.15, 0.2) is 5.82 Å². The van der Waals surface area contributed by atoms with Crippen LogP contribution in [0.25, 0.3) is 11.0 Å². The predicted octanol–water partition coefficient (Wildman–Crippen LogP) is 2.73. The van der Waals surface area contributed by atoms with E-state index >= 15 is 0 Å². The van der Waals surface area contributed by atoms with Gasteiger partial charge in [0.1, 0.15) is 5.52 Å². The Hall–Kier alpha value is -2.89. The summed E-state index contributed by atoms with van der Waals surface area (Å²) in [6.45, 7) is 0. The number of anilines is 2. The van der Waals surface area contributed by atoms with Gasteiger partial charge in [0.2, 0.25) is 0 Å². The molecule has 7 nitrogen and oxygen atoms in total. The highest BCUT2D eigenvalue weighted by Crippen LogP contribution is 2.25. The fourth-order valence-corrected chi connectivity index (χ4v) is 3.43. The quantitative estimate of drug-likeness (QED) is 0.678. The van der Waals surface area contributed by atoms with Gasteiger partial charge in [-0.15, -0.1) is 0 Å². The standard InChI is InChI=1S/C16H12ClN5O2S/c17-12-2-1-3-13-15(12)20-14(8-9-18)16(21-13)22-25(23,24)11-6-4-10(19)5-7-11/h1-7H,8,19H2,(H,21,22). The molecule has 2 aromatic carbocycles. The monoisotopic (exact) mass is 373 g/mol. The Morgan fingerprint density at radius 2 is 1.88 bits per heavy atom. The summed E-state index contributed by atoms with van der Waals surface area (Å²) in [7, 11) is -3.90. The summed E-state index contributed by atoms with van der Waals surface area (Å²) in [6, 6.07) is 12.7. The van der Waals surface area contributed by atoms with Crippen LogP contribution in [0, 0.1) is 11.3 Å². The van der Waals surface area contributed by atoms with Crippen molar-refractivity contribution in [2.75, 3.05) is 10.5 Å². The lowest BCUT2D eigenvalue weighted by Crippen LogP contribution is -2.16. The first kappa shape index (κ1) is 17.0. The molecule has 0 saturated carbocycles. The number of nitrogens with one attached hydrogen (secondary N) is 1. The summed E-state index contributed by atoms with van der Waals surface area (Å²) in [4.78, 5) is 8.59. The van der Waals surface area contributed by atoms with Gasteiger partial charge >= 0.3 is 0 Å². The van der Waals surface area contributed by atoms with Crippen molar-refractivity contribution in [2.24, 2.45) is 0 Å². The second kappa shape index (κ2) is 6.55. The van der Waals surface area contributed by atoms with Gasteiger partial charge in [0.05, 0.1) is 33.6 Å². The van der Waals surface area contributed by atoms with Gasteiger partial charge in [-0.3, -0.25) is 4.72 Å². The fourth-order valence-electron chi connectivity index (χ4n) is 2.19. The summed E-state index contributed by atoms with van der Waals surface area (Å²) < 4.78 is 27.5. The zero-order chi connectivity index (χ0) is 18.0. The maximum atomic E-state index is 12.5. The lowest BCUT2D eigenvalue weighted by atomic mass is 10.2. The minimum Gasteiger partial charge on any atom is -0.399 e. The molecule has 0 bridgehead atoms. The van der Waals surface area contributed by atoms with Gasteiger partial charge in [0, 0.05) is 5.69 Å². The third-order valence-electron chi connectivity index (χ3n) is 3.39. The highest BCUT2D eigenvalue weighted by atomic mass is 35.5. The molecule has 0 spiro atoms. The molecule has 3 N–H and O–H groups in total. The van der Waals surface area contributed by atoms with E-state index in [-0.39, 0.29) is 22.8 Å². The summed E-state index contributed by atoms with van der Waals surface area (Å²) in [5.74, 6) is -0.00635. The van der Waals surface area contributed by atoms with Gasteiger partial charge in [-0.25, -0.2) is 18.4 Å². The number of nitriles is 1. The van der Waals surface area contributed by atoms with E-state index in [0.717, 1.165) is 0 Å². The first-order valence-corrected chi connectivity index (χ1v) is 8.97. The van der Waals surface area contributed by atoms with Crippen LogP contribution in [-0.2, 0) is 16.4 Å². The number of halogens is 1. The maximum absolute atomic E-state index is 12.5. The molecule has 9 heteroatoms. The Morgan fingerprint density at radius 3 is 2.56 bits per heavy atom. The largest absolute Gasteiger partial charge is 0.399 e. The lowest BCUT2D eigenvalue weighted by molar-refractivity contribution is 0.601. The number of hydrogen-bond acceptors (Lipinski definition) is 6. The van der Waals surface area contributed by atoms with Crippen molar-refractivity contribution in [3.63, 3.8) is 0 Å². The zero-order valence-electron chi connectivity index (χ0n) is 12.8. The Bertz CT molecular complexity index is 1090. The van der Waals surface area contributed by atoms with Crippen molar-refractivity contribution in [3.05, 3.63) is 53.2 Å². The van der Waals surface area contributed by atoms with Crippen LogP contribution in [-0.4, -0.2) is 18.4 Å². The van der Waals surface area contributed by atoms with E-state index in [9.17, 15) is 8.42 Å². The Morgan fingerprint density at radius 1 is 1.16 bits per heavy atom. The van der Waals surface area contributed by atoms with Crippen LogP contribution >= 0.6 is 11.6 Å². The first-order valence-electron chi connectivity index (χ1n) is 7.11. The number of aromatic nitrogens is 2. The predicted molar refractivity (Wildman–Crippen MR) is 95.5 cm³/mol. The van der Waals surface area contributed by atoms with Crippen LogP contribution in [0.4, 0.5) is 11.5 Å². The Balaban J connectivity index is 2.09. The molecular formula is C16H12ClN5O2S. The Kier molecular flexibility index (Phi) is 4.44. The average molecular weight is 374 g/mol. The van der Waals surface area contributed by atoms with Crippen LogP contribution in [0.5, 0.6) is 0 Å². The van der Waals surface area contributed by atoms with Gasteiger partial charge in [-0.1, -0.05) is 17.7 Å². The molecule has 0 saturated heterocycles. The van der Waals surface area contributed by atoms with E-state index in [0.29, 0.717) is 21.7 Å². The number of hydrogen-bond donors (Lipinski definition) is 2. The number of rotatable bonds is 4. The second-order valence-corrected chi connectivity index (χ2v) is 7.23. The van der Waals surface area contributed by atoms with Crippen LogP contribution < -0.4 is 10.5 Å². The number of nitrogen functional groups attached to an aromatic ring is 1. The first-order chi connectivity index (χ1) is 11.9. The van der Waals surface area contributed by atoms with E-state index in [4.69, 9.17) is 22.6 Å². The molecule has 0 amide bonds. The van der Waals surface area contributed by atoms with E-state index in [2.05, 4.69) is 14.7 Å². The second-order valence-electron chi connectivity index (χ2n) is 5.14. The minimum absolute atomic E-state index is 0.00635.